The van der Waals surface area contributed by atoms with Gasteiger partial charge < -0.3 is 9.47 Å². The first-order valence-electron chi connectivity index (χ1n) is 7.25. The van der Waals surface area contributed by atoms with Crippen LogP contribution in [0, 0.1) is 0 Å². The molecule has 0 aliphatic rings. The zero-order valence-electron chi connectivity index (χ0n) is 12.5. The Morgan fingerprint density at radius 2 is 1.59 bits per heavy atom. The van der Waals surface area contributed by atoms with Gasteiger partial charge in [-0.2, -0.15) is 0 Å². The second-order valence-corrected chi connectivity index (χ2v) is 4.74. The third kappa shape index (κ3) is 4.19. The van der Waals surface area contributed by atoms with Crippen molar-refractivity contribution in [3.8, 4) is 5.75 Å². The molecule has 2 aromatic rings. The van der Waals surface area contributed by atoms with Crippen molar-refractivity contribution in [1.29, 1.82) is 0 Å². The molecule has 4 nitrogen and oxygen atoms in total. The van der Waals surface area contributed by atoms with Gasteiger partial charge in [-0.15, -0.1) is 0 Å². The number of hydrogen-bond donors (Lipinski definition) is 0. The zero-order chi connectivity index (χ0) is 15.8. The van der Waals surface area contributed by atoms with E-state index in [-0.39, 0.29) is 11.3 Å². The maximum absolute atomic E-state index is 12.1. The molecule has 2 rings (SSSR count). The Morgan fingerprint density at radius 1 is 0.909 bits per heavy atom. The average molecular weight is 298 g/mol. The van der Waals surface area contributed by atoms with Crippen molar-refractivity contribution in [2.75, 3.05) is 6.61 Å². The molecule has 0 spiro atoms. The summed E-state index contributed by atoms with van der Waals surface area (Å²) in [5.74, 6) is -0.780. The minimum Gasteiger partial charge on any atom is -0.462 e. The molecule has 0 unspecified atom stereocenters. The fraction of sp³-hybridized carbons (Fsp3) is 0.222. The molecule has 0 aliphatic carbocycles. The van der Waals surface area contributed by atoms with Crippen LogP contribution in [-0.2, 0) is 4.74 Å². The topological polar surface area (TPSA) is 52.6 Å². The Kier molecular flexibility index (Phi) is 5.72. The Bertz CT molecular complexity index is 635. The maximum atomic E-state index is 12.1. The monoisotopic (exact) mass is 298 g/mol. The van der Waals surface area contributed by atoms with Crippen LogP contribution in [-0.4, -0.2) is 18.5 Å². The van der Waals surface area contributed by atoms with E-state index in [1.807, 2.05) is 13.0 Å². The molecule has 4 heteroatoms. The first-order chi connectivity index (χ1) is 10.7. The molecule has 22 heavy (non-hydrogen) atoms. The average Bonchev–Trinajstić information content (AvgIpc) is 2.56. The number of carbonyl (C=O) groups excluding carboxylic acids is 2. The molecule has 0 heterocycles. The van der Waals surface area contributed by atoms with Crippen LogP contribution in [0.4, 0.5) is 0 Å². The summed E-state index contributed by atoms with van der Waals surface area (Å²) < 4.78 is 10.5. The summed E-state index contributed by atoms with van der Waals surface area (Å²) in [6.07, 6.45) is 1.75. The van der Waals surface area contributed by atoms with Gasteiger partial charge >= 0.3 is 11.9 Å². The number of benzene rings is 2. The predicted molar refractivity (Wildman–Crippen MR) is 83.0 cm³/mol. The van der Waals surface area contributed by atoms with E-state index < -0.39 is 11.9 Å². The predicted octanol–water partition coefficient (Wildman–Crippen LogP) is 3.86. The minimum absolute atomic E-state index is 0.206. The van der Waals surface area contributed by atoms with Gasteiger partial charge in [0.2, 0.25) is 0 Å². The smallest absolute Gasteiger partial charge is 0.343 e. The number of rotatable bonds is 6. The van der Waals surface area contributed by atoms with Crippen molar-refractivity contribution in [1.82, 2.24) is 0 Å². The SMILES string of the molecule is CCCCOC(=O)c1ccccc1OC(=O)c1ccccc1. The van der Waals surface area contributed by atoms with E-state index >= 15 is 0 Å². The Labute approximate surface area is 129 Å². The van der Waals surface area contributed by atoms with Crippen LogP contribution in [0.1, 0.15) is 40.5 Å². The molecule has 114 valence electrons. The van der Waals surface area contributed by atoms with Crippen molar-refractivity contribution >= 4 is 11.9 Å². The molecule has 0 N–H and O–H groups in total. The standard InChI is InChI=1S/C18H18O4/c1-2-3-13-21-18(20)15-11-7-8-12-16(15)22-17(19)14-9-5-4-6-10-14/h4-12H,2-3,13H2,1H3. The lowest BCUT2D eigenvalue weighted by Crippen LogP contribution is -2.13. The van der Waals surface area contributed by atoms with Gasteiger partial charge in [0.1, 0.15) is 11.3 Å². The Hall–Kier alpha value is -2.62. The summed E-state index contributed by atoms with van der Waals surface area (Å²) in [4.78, 5) is 24.1. The van der Waals surface area contributed by atoms with Gasteiger partial charge in [0.05, 0.1) is 12.2 Å². The van der Waals surface area contributed by atoms with Crippen molar-refractivity contribution < 1.29 is 19.1 Å². The molecule has 0 atom stereocenters. The molecule has 0 radical (unpaired) electrons. The molecule has 0 aliphatic heterocycles. The lowest BCUT2D eigenvalue weighted by molar-refractivity contribution is 0.0494. The first-order valence-corrected chi connectivity index (χ1v) is 7.25. The highest BCUT2D eigenvalue weighted by molar-refractivity contribution is 5.96. The fourth-order valence-electron chi connectivity index (χ4n) is 1.84. The van der Waals surface area contributed by atoms with Gasteiger partial charge in [0, 0.05) is 0 Å². The molecular weight excluding hydrogens is 280 g/mol. The molecule has 0 saturated heterocycles. The van der Waals surface area contributed by atoms with E-state index in [0.717, 1.165) is 12.8 Å². The molecule has 2 aromatic carbocycles. The number of ether oxygens (including phenoxy) is 2. The largest absolute Gasteiger partial charge is 0.462 e. The Balaban J connectivity index is 2.11. The molecule has 0 saturated carbocycles. The number of esters is 2. The molecule has 0 amide bonds. The maximum Gasteiger partial charge on any atom is 0.343 e. The molecular formula is C18H18O4. The van der Waals surface area contributed by atoms with Gasteiger partial charge in [-0.25, -0.2) is 9.59 Å². The summed E-state index contributed by atoms with van der Waals surface area (Å²) in [6.45, 7) is 2.37. The van der Waals surface area contributed by atoms with Crippen LogP contribution in [0.2, 0.25) is 0 Å². The van der Waals surface area contributed by atoms with Crippen molar-refractivity contribution in [2.45, 2.75) is 19.8 Å². The zero-order valence-corrected chi connectivity index (χ0v) is 12.5. The van der Waals surface area contributed by atoms with Crippen LogP contribution in [0.25, 0.3) is 0 Å². The van der Waals surface area contributed by atoms with E-state index in [2.05, 4.69) is 0 Å². The van der Waals surface area contributed by atoms with Crippen LogP contribution in [0.5, 0.6) is 5.75 Å². The number of unbranched alkanes of at least 4 members (excludes halogenated alkanes) is 1. The van der Waals surface area contributed by atoms with Gasteiger partial charge in [-0.3, -0.25) is 0 Å². The molecule has 0 aromatic heterocycles. The second kappa shape index (κ2) is 7.98. The second-order valence-electron chi connectivity index (χ2n) is 4.74. The van der Waals surface area contributed by atoms with Crippen molar-refractivity contribution in [2.24, 2.45) is 0 Å². The summed E-state index contributed by atoms with van der Waals surface area (Å²) >= 11 is 0. The van der Waals surface area contributed by atoms with Gasteiger partial charge in [-0.05, 0) is 30.7 Å². The highest BCUT2D eigenvalue weighted by Gasteiger charge is 2.16. The lowest BCUT2D eigenvalue weighted by atomic mass is 10.2. The quantitative estimate of drug-likeness (QED) is 0.461. The Morgan fingerprint density at radius 3 is 2.32 bits per heavy atom. The van der Waals surface area contributed by atoms with E-state index in [1.54, 1.807) is 48.5 Å². The fourth-order valence-corrected chi connectivity index (χ4v) is 1.84. The van der Waals surface area contributed by atoms with Crippen molar-refractivity contribution in [3.63, 3.8) is 0 Å². The van der Waals surface area contributed by atoms with Crippen LogP contribution in [0.3, 0.4) is 0 Å². The number of carbonyl (C=O) groups is 2. The van der Waals surface area contributed by atoms with E-state index in [0.29, 0.717) is 12.2 Å². The van der Waals surface area contributed by atoms with E-state index in [9.17, 15) is 9.59 Å². The third-order valence-electron chi connectivity index (χ3n) is 3.05. The summed E-state index contributed by atoms with van der Waals surface area (Å²) in [5, 5.41) is 0. The van der Waals surface area contributed by atoms with Crippen molar-refractivity contribution in [3.05, 3.63) is 65.7 Å². The minimum atomic E-state index is -0.505. The molecule has 0 fully saturated rings. The summed E-state index contributed by atoms with van der Waals surface area (Å²) in [5.41, 5.74) is 0.680. The summed E-state index contributed by atoms with van der Waals surface area (Å²) in [6, 6.07) is 15.2. The first kappa shape index (κ1) is 15.8. The number of hydrogen-bond acceptors (Lipinski definition) is 4. The number of para-hydroxylation sites is 1. The van der Waals surface area contributed by atoms with Gasteiger partial charge in [-0.1, -0.05) is 43.7 Å². The van der Waals surface area contributed by atoms with Gasteiger partial charge in [0.15, 0.2) is 0 Å². The highest BCUT2D eigenvalue weighted by Crippen LogP contribution is 2.20. The van der Waals surface area contributed by atoms with Gasteiger partial charge in [0.25, 0.3) is 0 Å². The van der Waals surface area contributed by atoms with Crippen LogP contribution < -0.4 is 4.74 Å². The highest BCUT2D eigenvalue weighted by atomic mass is 16.5. The van der Waals surface area contributed by atoms with Crippen LogP contribution in [0.15, 0.2) is 54.6 Å². The van der Waals surface area contributed by atoms with E-state index in [1.165, 1.54) is 0 Å². The summed E-state index contributed by atoms with van der Waals surface area (Å²) in [7, 11) is 0. The van der Waals surface area contributed by atoms with Crippen LogP contribution >= 0.6 is 0 Å². The lowest BCUT2D eigenvalue weighted by Gasteiger charge is -2.09. The van der Waals surface area contributed by atoms with E-state index in [4.69, 9.17) is 9.47 Å². The normalized spacial score (nSPS) is 10.0. The third-order valence-corrected chi connectivity index (χ3v) is 3.05. The molecule has 0 bridgehead atoms.